The van der Waals surface area contributed by atoms with Crippen molar-refractivity contribution in [2.45, 2.75) is 63.5 Å². The maximum Gasteiger partial charge on any atom is 0.224 e. The number of hydrogen-bond donors (Lipinski definition) is 1. The zero-order valence-corrected chi connectivity index (χ0v) is 12.5. The summed E-state index contributed by atoms with van der Waals surface area (Å²) < 4.78 is 0. The van der Waals surface area contributed by atoms with Gasteiger partial charge in [-0.15, -0.1) is 0 Å². The molecular formula is C15H29N3O. The number of amides is 1. The molecule has 0 aromatic carbocycles. The van der Waals surface area contributed by atoms with E-state index in [4.69, 9.17) is 5.73 Å². The fourth-order valence-corrected chi connectivity index (χ4v) is 3.58. The maximum absolute atomic E-state index is 12.6. The Morgan fingerprint density at radius 3 is 2.58 bits per heavy atom. The van der Waals surface area contributed by atoms with Crippen LogP contribution in [0.2, 0.25) is 0 Å². The Labute approximate surface area is 117 Å². The SMILES string of the molecule is CCC1CN(C)CCCN1C(=O)CC1(N)CCCC1. The highest BCUT2D eigenvalue weighted by molar-refractivity contribution is 5.78. The third-order valence-electron chi connectivity index (χ3n) is 4.80. The average Bonchev–Trinajstić information content (AvgIpc) is 2.68. The monoisotopic (exact) mass is 267 g/mol. The van der Waals surface area contributed by atoms with Crippen LogP contribution in [-0.4, -0.2) is 54.0 Å². The van der Waals surface area contributed by atoms with Crippen LogP contribution in [0.25, 0.3) is 0 Å². The van der Waals surface area contributed by atoms with E-state index >= 15 is 0 Å². The molecule has 2 N–H and O–H groups in total. The highest BCUT2D eigenvalue weighted by atomic mass is 16.2. The second-order valence-corrected chi connectivity index (χ2v) is 6.51. The van der Waals surface area contributed by atoms with Crippen LogP contribution in [0.3, 0.4) is 0 Å². The van der Waals surface area contributed by atoms with Crippen molar-refractivity contribution in [1.29, 1.82) is 0 Å². The van der Waals surface area contributed by atoms with Crippen LogP contribution in [0.1, 0.15) is 51.9 Å². The summed E-state index contributed by atoms with van der Waals surface area (Å²) in [4.78, 5) is 17.1. The van der Waals surface area contributed by atoms with Crippen LogP contribution >= 0.6 is 0 Å². The van der Waals surface area contributed by atoms with Gasteiger partial charge >= 0.3 is 0 Å². The maximum atomic E-state index is 12.6. The summed E-state index contributed by atoms with van der Waals surface area (Å²) in [5, 5.41) is 0. The van der Waals surface area contributed by atoms with E-state index in [9.17, 15) is 4.79 Å². The minimum absolute atomic E-state index is 0.215. The minimum Gasteiger partial charge on any atom is -0.338 e. The number of likely N-dealkylation sites (N-methyl/N-ethyl adjacent to an activating group) is 1. The van der Waals surface area contributed by atoms with E-state index in [1.807, 2.05) is 0 Å². The zero-order chi connectivity index (χ0) is 13.9. The Morgan fingerprint density at radius 2 is 1.95 bits per heavy atom. The molecule has 110 valence electrons. The number of nitrogens with zero attached hydrogens (tertiary/aromatic N) is 2. The minimum atomic E-state index is -0.215. The second kappa shape index (κ2) is 6.23. The van der Waals surface area contributed by atoms with Gasteiger partial charge < -0.3 is 15.5 Å². The number of carbonyl (C=O) groups excluding carboxylic acids is 1. The Kier molecular flexibility index (Phi) is 4.85. The van der Waals surface area contributed by atoms with E-state index in [0.717, 1.165) is 45.3 Å². The third-order valence-corrected chi connectivity index (χ3v) is 4.80. The molecule has 0 radical (unpaired) electrons. The molecule has 2 aliphatic rings. The van der Waals surface area contributed by atoms with Crippen molar-refractivity contribution in [2.24, 2.45) is 5.73 Å². The zero-order valence-electron chi connectivity index (χ0n) is 12.5. The van der Waals surface area contributed by atoms with Crippen molar-refractivity contribution in [3.8, 4) is 0 Å². The Morgan fingerprint density at radius 1 is 1.26 bits per heavy atom. The first kappa shape index (κ1) is 14.8. The van der Waals surface area contributed by atoms with Crippen LogP contribution < -0.4 is 5.73 Å². The summed E-state index contributed by atoms with van der Waals surface area (Å²) in [6.07, 6.45) is 7.07. The number of hydrogen-bond acceptors (Lipinski definition) is 3. The topological polar surface area (TPSA) is 49.6 Å². The fourth-order valence-electron chi connectivity index (χ4n) is 3.58. The van der Waals surface area contributed by atoms with Crippen LogP contribution in [-0.2, 0) is 4.79 Å². The molecule has 2 fully saturated rings. The molecule has 1 aliphatic heterocycles. The molecule has 0 aromatic heterocycles. The van der Waals surface area contributed by atoms with Gasteiger partial charge in [0, 0.05) is 31.1 Å². The second-order valence-electron chi connectivity index (χ2n) is 6.51. The van der Waals surface area contributed by atoms with Crippen molar-refractivity contribution in [1.82, 2.24) is 9.80 Å². The van der Waals surface area contributed by atoms with Gasteiger partial charge in [0.1, 0.15) is 0 Å². The van der Waals surface area contributed by atoms with Crippen molar-refractivity contribution in [2.75, 3.05) is 26.7 Å². The lowest BCUT2D eigenvalue weighted by Crippen LogP contribution is -2.48. The van der Waals surface area contributed by atoms with Crippen LogP contribution in [0.15, 0.2) is 0 Å². The van der Waals surface area contributed by atoms with Crippen molar-refractivity contribution < 1.29 is 4.79 Å². The number of nitrogens with two attached hydrogens (primary N) is 1. The van der Waals surface area contributed by atoms with Gasteiger partial charge in [0.25, 0.3) is 0 Å². The fraction of sp³-hybridized carbons (Fsp3) is 0.933. The predicted octanol–water partition coefficient (Wildman–Crippen LogP) is 1.59. The Bertz CT molecular complexity index is 313. The van der Waals surface area contributed by atoms with Gasteiger partial charge in [-0.2, -0.15) is 0 Å². The van der Waals surface area contributed by atoms with Gasteiger partial charge in [0.15, 0.2) is 0 Å². The molecule has 2 rings (SSSR count). The number of carbonyl (C=O) groups is 1. The molecular weight excluding hydrogens is 238 g/mol. The van der Waals surface area contributed by atoms with Crippen LogP contribution in [0.4, 0.5) is 0 Å². The van der Waals surface area contributed by atoms with Gasteiger partial charge in [-0.1, -0.05) is 19.8 Å². The summed E-state index contributed by atoms with van der Waals surface area (Å²) >= 11 is 0. The summed E-state index contributed by atoms with van der Waals surface area (Å²) in [6, 6.07) is 0.366. The predicted molar refractivity (Wildman–Crippen MR) is 77.9 cm³/mol. The molecule has 4 nitrogen and oxygen atoms in total. The highest BCUT2D eigenvalue weighted by Gasteiger charge is 2.35. The van der Waals surface area contributed by atoms with E-state index in [-0.39, 0.29) is 11.4 Å². The van der Waals surface area contributed by atoms with E-state index < -0.39 is 0 Å². The van der Waals surface area contributed by atoms with Crippen molar-refractivity contribution in [3.05, 3.63) is 0 Å². The molecule has 19 heavy (non-hydrogen) atoms. The molecule has 1 unspecified atom stereocenters. The molecule has 1 amide bonds. The highest BCUT2D eigenvalue weighted by Crippen LogP contribution is 2.31. The van der Waals surface area contributed by atoms with Gasteiger partial charge in [-0.3, -0.25) is 4.79 Å². The summed E-state index contributed by atoms with van der Waals surface area (Å²) in [5.41, 5.74) is 6.15. The Balaban J connectivity index is 1.99. The van der Waals surface area contributed by atoms with Gasteiger partial charge in [0.05, 0.1) is 0 Å². The lowest BCUT2D eigenvalue weighted by atomic mass is 9.93. The summed E-state index contributed by atoms with van der Waals surface area (Å²) in [7, 11) is 2.15. The molecule has 1 heterocycles. The van der Waals surface area contributed by atoms with Crippen LogP contribution in [0, 0.1) is 0 Å². The van der Waals surface area contributed by atoms with E-state index in [0.29, 0.717) is 12.5 Å². The first-order valence-electron chi connectivity index (χ1n) is 7.81. The molecule has 0 spiro atoms. The first-order chi connectivity index (χ1) is 9.04. The Hall–Kier alpha value is -0.610. The molecule has 1 aliphatic carbocycles. The molecule has 0 aromatic rings. The average molecular weight is 267 g/mol. The first-order valence-corrected chi connectivity index (χ1v) is 7.81. The van der Waals surface area contributed by atoms with Gasteiger partial charge in [-0.05, 0) is 39.3 Å². The molecule has 1 atom stereocenters. The third kappa shape index (κ3) is 3.69. The normalized spacial score (nSPS) is 28.4. The van der Waals surface area contributed by atoms with Crippen molar-refractivity contribution in [3.63, 3.8) is 0 Å². The van der Waals surface area contributed by atoms with Crippen LogP contribution in [0.5, 0.6) is 0 Å². The molecule has 0 bridgehead atoms. The summed E-state index contributed by atoms with van der Waals surface area (Å²) in [5.74, 6) is 0.284. The lowest BCUT2D eigenvalue weighted by molar-refractivity contribution is -0.134. The number of rotatable bonds is 3. The smallest absolute Gasteiger partial charge is 0.224 e. The van der Waals surface area contributed by atoms with Gasteiger partial charge in [0.2, 0.25) is 5.91 Å². The van der Waals surface area contributed by atoms with E-state index in [1.165, 1.54) is 12.8 Å². The quantitative estimate of drug-likeness (QED) is 0.845. The molecule has 1 saturated carbocycles. The molecule has 1 saturated heterocycles. The lowest BCUT2D eigenvalue weighted by Gasteiger charge is -2.33. The van der Waals surface area contributed by atoms with Gasteiger partial charge in [-0.25, -0.2) is 0 Å². The summed E-state index contributed by atoms with van der Waals surface area (Å²) in [6.45, 7) is 5.17. The van der Waals surface area contributed by atoms with E-state index in [2.05, 4.69) is 23.8 Å². The van der Waals surface area contributed by atoms with E-state index in [1.54, 1.807) is 0 Å². The standard InChI is InChI=1S/C15H29N3O/c1-3-13-12-17(2)9-6-10-18(13)14(19)11-15(16)7-4-5-8-15/h13H,3-12,16H2,1-2H3. The van der Waals surface area contributed by atoms with Crippen molar-refractivity contribution >= 4 is 5.91 Å². The largest absolute Gasteiger partial charge is 0.338 e. The molecule has 4 heteroatoms.